The summed E-state index contributed by atoms with van der Waals surface area (Å²) in [4.78, 5) is 26.3. The molecule has 25 heavy (non-hydrogen) atoms. The van der Waals surface area contributed by atoms with Gasteiger partial charge in [-0.1, -0.05) is 29.9 Å². The molecule has 2 bridgehead atoms. The first-order valence-corrected chi connectivity index (χ1v) is 8.19. The fourth-order valence-corrected chi connectivity index (χ4v) is 4.45. The van der Waals surface area contributed by atoms with Crippen molar-refractivity contribution in [1.29, 1.82) is 0 Å². The smallest absolute Gasteiger partial charge is 0.310 e. The zero-order valence-electron chi connectivity index (χ0n) is 13.7. The van der Waals surface area contributed by atoms with Crippen molar-refractivity contribution in [1.82, 2.24) is 0 Å². The average molecular weight is 343 g/mol. The van der Waals surface area contributed by atoms with Crippen LogP contribution in [0.2, 0.25) is 0 Å². The number of nitrogens with zero attached hydrogens (tertiary/aromatic N) is 1. The Morgan fingerprint density at radius 3 is 2.80 bits per heavy atom. The number of carbonyl (C=O) groups is 2. The van der Waals surface area contributed by atoms with Gasteiger partial charge in [-0.2, -0.15) is 0 Å². The SMILES string of the molecule is C=C(C)CC1N(c2ccccc2F)C(=O)C2C(C(=O)O)[C@@H]3C=C[C@]21O3. The van der Waals surface area contributed by atoms with E-state index in [0.717, 1.165) is 5.57 Å². The number of fused-ring (bicyclic) bond motifs is 1. The molecule has 1 amide bonds. The minimum atomic E-state index is -1.07. The Bertz CT molecular complexity index is 819. The van der Waals surface area contributed by atoms with Crippen LogP contribution in [0.15, 0.2) is 48.6 Å². The van der Waals surface area contributed by atoms with Crippen LogP contribution in [0.1, 0.15) is 13.3 Å². The van der Waals surface area contributed by atoms with E-state index in [-0.39, 0.29) is 5.69 Å². The van der Waals surface area contributed by atoms with Crippen molar-refractivity contribution in [3.05, 3.63) is 54.4 Å². The number of hydrogen-bond donors (Lipinski definition) is 1. The average Bonchev–Trinajstić information content (AvgIpc) is 3.18. The van der Waals surface area contributed by atoms with Gasteiger partial charge in [0, 0.05) is 0 Å². The summed E-state index contributed by atoms with van der Waals surface area (Å²) in [6.45, 7) is 5.74. The number of carboxylic acids is 1. The van der Waals surface area contributed by atoms with Crippen LogP contribution in [-0.2, 0) is 14.3 Å². The quantitative estimate of drug-likeness (QED) is 0.853. The van der Waals surface area contributed by atoms with E-state index in [9.17, 15) is 19.1 Å². The second-order valence-electron chi connectivity index (χ2n) is 6.97. The normalized spacial score (nSPS) is 35.3. The second-order valence-corrected chi connectivity index (χ2v) is 6.97. The molecule has 0 aromatic heterocycles. The Morgan fingerprint density at radius 2 is 2.16 bits per heavy atom. The van der Waals surface area contributed by atoms with Crippen LogP contribution in [0.5, 0.6) is 0 Å². The molecule has 1 aromatic rings. The van der Waals surface area contributed by atoms with E-state index in [1.54, 1.807) is 24.3 Å². The fraction of sp³-hybridized carbons (Fsp3) is 0.368. The Labute approximate surface area is 144 Å². The summed E-state index contributed by atoms with van der Waals surface area (Å²) >= 11 is 0. The van der Waals surface area contributed by atoms with Crippen molar-refractivity contribution in [2.24, 2.45) is 11.8 Å². The molecule has 4 rings (SSSR count). The van der Waals surface area contributed by atoms with E-state index >= 15 is 0 Å². The van der Waals surface area contributed by atoms with E-state index in [2.05, 4.69) is 6.58 Å². The van der Waals surface area contributed by atoms with E-state index in [1.807, 2.05) is 6.92 Å². The number of para-hydroxylation sites is 1. The second kappa shape index (κ2) is 5.26. The van der Waals surface area contributed by atoms with Gasteiger partial charge in [-0.25, -0.2) is 4.39 Å². The topological polar surface area (TPSA) is 66.8 Å². The maximum Gasteiger partial charge on any atom is 0.310 e. The summed E-state index contributed by atoms with van der Waals surface area (Å²) in [6, 6.07) is 5.49. The number of hydrogen-bond acceptors (Lipinski definition) is 3. The molecule has 130 valence electrons. The Hall–Kier alpha value is -2.47. The Kier molecular flexibility index (Phi) is 3.37. The van der Waals surface area contributed by atoms with Crippen molar-refractivity contribution < 1.29 is 23.8 Å². The molecule has 0 radical (unpaired) electrons. The molecular formula is C19H18FNO4. The molecule has 0 aliphatic carbocycles. The third-order valence-corrected chi connectivity index (χ3v) is 5.36. The first-order chi connectivity index (χ1) is 11.9. The molecule has 2 saturated heterocycles. The summed E-state index contributed by atoms with van der Waals surface area (Å²) < 4.78 is 20.4. The number of anilines is 1. The monoisotopic (exact) mass is 343 g/mol. The number of carboxylic acid groups (broad SMARTS) is 1. The molecule has 3 aliphatic rings. The summed E-state index contributed by atoms with van der Waals surface area (Å²) in [5.74, 6) is -3.81. The molecule has 1 aromatic carbocycles. The summed E-state index contributed by atoms with van der Waals surface area (Å²) in [5, 5.41) is 9.60. The molecule has 1 spiro atoms. The lowest BCUT2D eigenvalue weighted by molar-refractivity contribution is -0.146. The van der Waals surface area contributed by atoms with Crippen LogP contribution >= 0.6 is 0 Å². The maximum atomic E-state index is 14.4. The molecule has 2 fully saturated rings. The Morgan fingerprint density at radius 1 is 1.44 bits per heavy atom. The lowest BCUT2D eigenvalue weighted by Gasteiger charge is -2.33. The molecule has 6 heteroatoms. The first kappa shape index (κ1) is 16.0. The van der Waals surface area contributed by atoms with Crippen LogP contribution in [0.4, 0.5) is 10.1 Å². The third kappa shape index (κ3) is 2.03. The largest absolute Gasteiger partial charge is 0.481 e. The summed E-state index contributed by atoms with van der Waals surface area (Å²) in [7, 11) is 0. The van der Waals surface area contributed by atoms with Crippen LogP contribution < -0.4 is 4.90 Å². The molecule has 3 heterocycles. The molecule has 5 atom stereocenters. The lowest BCUT2D eigenvalue weighted by Crippen LogP contribution is -2.45. The van der Waals surface area contributed by atoms with E-state index in [0.29, 0.717) is 6.42 Å². The molecule has 3 aliphatic heterocycles. The number of amides is 1. The predicted octanol–water partition coefficient (Wildman–Crippen LogP) is 2.53. The van der Waals surface area contributed by atoms with E-state index < -0.39 is 47.3 Å². The number of aliphatic carboxylic acids is 1. The highest BCUT2D eigenvalue weighted by Crippen LogP contribution is 2.56. The number of ether oxygens (including phenoxy) is 1. The van der Waals surface area contributed by atoms with Crippen molar-refractivity contribution in [2.45, 2.75) is 31.1 Å². The van der Waals surface area contributed by atoms with Crippen molar-refractivity contribution in [3.63, 3.8) is 0 Å². The highest BCUT2D eigenvalue weighted by Gasteiger charge is 2.71. The van der Waals surface area contributed by atoms with Crippen molar-refractivity contribution in [2.75, 3.05) is 4.90 Å². The number of halogens is 1. The number of carbonyl (C=O) groups excluding carboxylic acids is 1. The van der Waals surface area contributed by atoms with Crippen molar-refractivity contribution >= 4 is 17.6 Å². The number of rotatable bonds is 4. The van der Waals surface area contributed by atoms with Crippen LogP contribution in [-0.4, -0.2) is 34.7 Å². The van der Waals surface area contributed by atoms with Gasteiger partial charge in [-0.3, -0.25) is 9.59 Å². The zero-order chi connectivity index (χ0) is 17.9. The van der Waals surface area contributed by atoms with Crippen molar-refractivity contribution in [3.8, 4) is 0 Å². The van der Waals surface area contributed by atoms with Gasteiger partial charge in [0.15, 0.2) is 0 Å². The predicted molar refractivity (Wildman–Crippen MR) is 88.5 cm³/mol. The van der Waals surface area contributed by atoms with Gasteiger partial charge in [0.2, 0.25) is 5.91 Å². The molecule has 5 nitrogen and oxygen atoms in total. The zero-order valence-corrected chi connectivity index (χ0v) is 13.7. The summed E-state index contributed by atoms with van der Waals surface area (Å²) in [5.41, 5.74) is -0.0908. The highest BCUT2D eigenvalue weighted by molar-refractivity contribution is 6.03. The first-order valence-electron chi connectivity index (χ1n) is 8.19. The van der Waals surface area contributed by atoms with Gasteiger partial charge in [0.05, 0.1) is 23.8 Å². The Balaban J connectivity index is 1.87. The minimum absolute atomic E-state index is 0.145. The van der Waals surface area contributed by atoms with Gasteiger partial charge in [-0.15, -0.1) is 6.58 Å². The van der Waals surface area contributed by atoms with Gasteiger partial charge in [0.25, 0.3) is 0 Å². The maximum absolute atomic E-state index is 14.4. The number of benzene rings is 1. The van der Waals surface area contributed by atoms with Gasteiger partial charge in [-0.05, 0) is 25.5 Å². The van der Waals surface area contributed by atoms with Crippen LogP contribution in [0, 0.1) is 17.7 Å². The fourth-order valence-electron chi connectivity index (χ4n) is 4.45. The van der Waals surface area contributed by atoms with Gasteiger partial charge >= 0.3 is 5.97 Å². The minimum Gasteiger partial charge on any atom is -0.481 e. The van der Waals surface area contributed by atoms with Crippen LogP contribution in [0.25, 0.3) is 0 Å². The third-order valence-electron chi connectivity index (χ3n) is 5.36. The van der Waals surface area contributed by atoms with E-state index in [1.165, 1.54) is 17.0 Å². The van der Waals surface area contributed by atoms with Gasteiger partial charge in [0.1, 0.15) is 17.3 Å². The van der Waals surface area contributed by atoms with Crippen LogP contribution in [0.3, 0.4) is 0 Å². The van der Waals surface area contributed by atoms with E-state index in [4.69, 9.17) is 4.74 Å². The molecule has 1 N–H and O–H groups in total. The van der Waals surface area contributed by atoms with Gasteiger partial charge < -0.3 is 14.7 Å². The molecular weight excluding hydrogens is 325 g/mol. The standard InChI is InChI=1S/C19H18FNO4/c1-10(2)9-14-19-8-7-13(25-19)15(18(23)24)16(19)17(22)21(14)12-6-4-3-5-11(12)20/h3-8,13-16H,1,9H2,2H3,(H,23,24)/t13-,14?,15?,16?,19+/m0/s1. The summed E-state index contributed by atoms with van der Waals surface area (Å²) in [6.07, 6.45) is 3.27. The molecule has 3 unspecified atom stereocenters. The molecule has 0 saturated carbocycles. The lowest BCUT2D eigenvalue weighted by atomic mass is 9.74. The highest BCUT2D eigenvalue weighted by atomic mass is 19.1.